The van der Waals surface area contributed by atoms with Crippen molar-refractivity contribution in [3.05, 3.63) is 66.1 Å². The van der Waals surface area contributed by atoms with Gasteiger partial charge in [0.05, 0.1) is 5.39 Å². The molecular weight excluding hydrogens is 333 g/mol. The molecule has 0 unspecified atom stereocenters. The predicted octanol–water partition coefficient (Wildman–Crippen LogP) is 5.21. The first-order chi connectivity index (χ1) is 11.2. The molecule has 0 atom stereocenters. The fraction of sp³-hybridized carbons (Fsp3) is 0. The van der Waals surface area contributed by atoms with Crippen LogP contribution in [0.2, 0.25) is 5.15 Å². The smallest absolute Gasteiger partial charge is 0.141 e. The summed E-state index contributed by atoms with van der Waals surface area (Å²) in [7, 11) is 0. The van der Waals surface area contributed by atoms with Crippen LogP contribution < -0.4 is 0 Å². The van der Waals surface area contributed by atoms with Gasteiger partial charge >= 0.3 is 0 Å². The van der Waals surface area contributed by atoms with E-state index in [9.17, 15) is 4.39 Å². The lowest BCUT2D eigenvalue weighted by Gasteiger charge is -2.06. The fourth-order valence-corrected chi connectivity index (χ4v) is 3.95. The molecule has 3 heterocycles. The minimum Gasteiger partial charge on any atom is -0.265 e. The third kappa shape index (κ3) is 2.48. The van der Waals surface area contributed by atoms with E-state index in [4.69, 9.17) is 11.6 Å². The first-order valence-corrected chi connectivity index (χ1v) is 8.03. The van der Waals surface area contributed by atoms with Crippen molar-refractivity contribution in [1.82, 2.24) is 15.0 Å². The minimum absolute atomic E-state index is 0.277. The quantitative estimate of drug-likeness (QED) is 0.469. The van der Waals surface area contributed by atoms with Crippen LogP contribution in [0.3, 0.4) is 0 Å². The molecule has 3 nitrogen and oxygen atoms in total. The van der Waals surface area contributed by atoms with Gasteiger partial charge in [-0.05, 0) is 35.4 Å². The molecule has 0 aliphatic rings. The van der Waals surface area contributed by atoms with Crippen molar-refractivity contribution in [1.29, 1.82) is 0 Å². The van der Waals surface area contributed by atoms with Crippen LogP contribution in [0.15, 0.2) is 55.1 Å². The second-order valence-corrected chi connectivity index (χ2v) is 6.25. The van der Waals surface area contributed by atoms with E-state index in [1.807, 2.05) is 12.1 Å². The molecule has 0 radical (unpaired) electrons. The summed E-state index contributed by atoms with van der Waals surface area (Å²) < 4.78 is 13.3. The number of benzene rings is 1. The standard InChI is InChI=1S/C17H9ClFN3S/c18-16-14-13(10-1-3-12(19)4-2-10)15(11-5-7-20-8-6-11)23-17(14)22-9-21-16/h1-9H. The molecule has 0 fully saturated rings. The first kappa shape index (κ1) is 14.2. The lowest BCUT2D eigenvalue weighted by atomic mass is 10.0. The van der Waals surface area contributed by atoms with E-state index in [0.717, 1.165) is 31.8 Å². The zero-order valence-corrected chi connectivity index (χ0v) is 13.3. The molecule has 0 saturated heterocycles. The topological polar surface area (TPSA) is 38.7 Å². The summed E-state index contributed by atoms with van der Waals surface area (Å²) in [6.45, 7) is 0. The van der Waals surface area contributed by atoms with Crippen LogP contribution in [0, 0.1) is 5.82 Å². The van der Waals surface area contributed by atoms with E-state index in [0.29, 0.717) is 5.15 Å². The Morgan fingerprint density at radius 1 is 0.913 bits per heavy atom. The Bertz CT molecular complexity index is 984. The van der Waals surface area contributed by atoms with Gasteiger partial charge in [0.15, 0.2) is 0 Å². The van der Waals surface area contributed by atoms with Crippen molar-refractivity contribution in [3.8, 4) is 21.6 Å². The number of thiophene rings is 1. The van der Waals surface area contributed by atoms with E-state index in [2.05, 4.69) is 15.0 Å². The van der Waals surface area contributed by atoms with Gasteiger partial charge in [0.2, 0.25) is 0 Å². The number of rotatable bonds is 2. The molecule has 0 saturated carbocycles. The molecule has 0 aliphatic carbocycles. The number of aromatic nitrogens is 3. The SMILES string of the molecule is Fc1ccc(-c2c(-c3ccncc3)sc3ncnc(Cl)c23)cc1. The molecule has 4 aromatic rings. The highest BCUT2D eigenvalue weighted by atomic mass is 35.5. The van der Waals surface area contributed by atoms with Crippen molar-refractivity contribution in [2.75, 3.05) is 0 Å². The van der Waals surface area contributed by atoms with Crippen LogP contribution in [0.5, 0.6) is 0 Å². The molecule has 0 spiro atoms. The second-order valence-electron chi connectivity index (χ2n) is 4.89. The summed E-state index contributed by atoms with van der Waals surface area (Å²) in [4.78, 5) is 14.3. The molecule has 0 aliphatic heterocycles. The summed E-state index contributed by atoms with van der Waals surface area (Å²) in [6.07, 6.45) is 4.93. The maximum Gasteiger partial charge on any atom is 0.141 e. The van der Waals surface area contributed by atoms with Crippen molar-refractivity contribution in [3.63, 3.8) is 0 Å². The maximum absolute atomic E-state index is 13.3. The molecule has 1 aromatic carbocycles. The average molecular weight is 342 g/mol. The Morgan fingerprint density at radius 2 is 1.65 bits per heavy atom. The largest absolute Gasteiger partial charge is 0.265 e. The summed E-state index contributed by atoms with van der Waals surface area (Å²) in [5.74, 6) is -0.277. The number of halogens is 2. The van der Waals surface area contributed by atoms with Crippen molar-refractivity contribution >= 4 is 33.2 Å². The second kappa shape index (κ2) is 5.68. The van der Waals surface area contributed by atoms with E-state index >= 15 is 0 Å². The van der Waals surface area contributed by atoms with Crippen LogP contribution >= 0.6 is 22.9 Å². The molecule has 0 amide bonds. The Kier molecular flexibility index (Phi) is 3.52. The third-order valence-electron chi connectivity index (χ3n) is 3.52. The molecule has 0 bridgehead atoms. The highest BCUT2D eigenvalue weighted by molar-refractivity contribution is 7.22. The number of fused-ring (bicyclic) bond motifs is 1. The van der Waals surface area contributed by atoms with Crippen LogP contribution in [0.25, 0.3) is 31.8 Å². The Balaban J connectivity index is 2.08. The van der Waals surface area contributed by atoms with Gasteiger partial charge < -0.3 is 0 Å². The van der Waals surface area contributed by atoms with Gasteiger partial charge in [0.25, 0.3) is 0 Å². The molecule has 112 valence electrons. The van der Waals surface area contributed by atoms with Gasteiger partial charge in [0, 0.05) is 22.8 Å². The molecule has 23 heavy (non-hydrogen) atoms. The summed E-state index contributed by atoms with van der Waals surface area (Å²) in [5.41, 5.74) is 2.81. The summed E-state index contributed by atoms with van der Waals surface area (Å²) in [6, 6.07) is 10.2. The molecule has 3 aromatic heterocycles. The molecule has 0 N–H and O–H groups in total. The Labute approximate surface area is 140 Å². The van der Waals surface area contributed by atoms with Crippen molar-refractivity contribution < 1.29 is 4.39 Å². The van der Waals surface area contributed by atoms with Crippen molar-refractivity contribution in [2.45, 2.75) is 0 Å². The monoisotopic (exact) mass is 341 g/mol. The maximum atomic E-state index is 13.3. The number of hydrogen-bond acceptors (Lipinski definition) is 4. The highest BCUT2D eigenvalue weighted by Crippen LogP contribution is 2.45. The van der Waals surface area contributed by atoms with Gasteiger partial charge in [0.1, 0.15) is 22.1 Å². The number of hydrogen-bond donors (Lipinski definition) is 0. The summed E-state index contributed by atoms with van der Waals surface area (Å²) in [5, 5.41) is 1.18. The number of nitrogens with zero attached hydrogens (tertiary/aromatic N) is 3. The van der Waals surface area contributed by atoms with Gasteiger partial charge in [-0.3, -0.25) is 4.98 Å². The van der Waals surface area contributed by atoms with E-state index in [1.165, 1.54) is 29.8 Å². The van der Waals surface area contributed by atoms with Gasteiger partial charge in [-0.15, -0.1) is 11.3 Å². The van der Waals surface area contributed by atoms with Gasteiger partial charge in [-0.2, -0.15) is 0 Å². The first-order valence-electron chi connectivity index (χ1n) is 6.83. The van der Waals surface area contributed by atoms with E-state index in [1.54, 1.807) is 24.5 Å². The molecule has 4 rings (SSSR count). The van der Waals surface area contributed by atoms with E-state index < -0.39 is 0 Å². The predicted molar refractivity (Wildman–Crippen MR) is 91.1 cm³/mol. The van der Waals surface area contributed by atoms with Gasteiger partial charge in [-0.25, -0.2) is 14.4 Å². The average Bonchev–Trinajstić information content (AvgIpc) is 2.97. The van der Waals surface area contributed by atoms with Crippen molar-refractivity contribution in [2.24, 2.45) is 0 Å². The normalized spacial score (nSPS) is 11.0. The van der Waals surface area contributed by atoms with Crippen LogP contribution in [0.4, 0.5) is 4.39 Å². The Hall–Kier alpha value is -2.37. The minimum atomic E-state index is -0.277. The highest BCUT2D eigenvalue weighted by Gasteiger charge is 2.19. The zero-order chi connectivity index (χ0) is 15.8. The lowest BCUT2D eigenvalue weighted by Crippen LogP contribution is -1.84. The third-order valence-corrected chi connectivity index (χ3v) is 4.95. The van der Waals surface area contributed by atoms with E-state index in [-0.39, 0.29) is 5.82 Å². The number of pyridine rings is 1. The fourth-order valence-electron chi connectivity index (χ4n) is 2.50. The zero-order valence-electron chi connectivity index (χ0n) is 11.7. The Morgan fingerprint density at radius 3 is 2.39 bits per heavy atom. The van der Waals surface area contributed by atoms with Crippen LogP contribution in [0.1, 0.15) is 0 Å². The van der Waals surface area contributed by atoms with Gasteiger partial charge in [-0.1, -0.05) is 23.7 Å². The summed E-state index contributed by atoms with van der Waals surface area (Å²) >= 11 is 7.85. The van der Waals surface area contributed by atoms with Crippen LogP contribution in [-0.2, 0) is 0 Å². The molecular formula is C17H9ClFN3S. The lowest BCUT2D eigenvalue weighted by molar-refractivity contribution is 0.628. The van der Waals surface area contributed by atoms with Crippen LogP contribution in [-0.4, -0.2) is 15.0 Å². The molecule has 6 heteroatoms.